The van der Waals surface area contributed by atoms with Gasteiger partial charge in [-0.2, -0.15) is 0 Å². The van der Waals surface area contributed by atoms with Crippen molar-refractivity contribution in [3.8, 4) is 0 Å². The molecular formula is C13H22NO3P. The molecule has 0 saturated heterocycles. The second kappa shape index (κ2) is 7.70. The van der Waals surface area contributed by atoms with E-state index in [0.717, 1.165) is 5.56 Å². The second-order valence-corrected chi connectivity index (χ2v) is 5.79. The summed E-state index contributed by atoms with van der Waals surface area (Å²) in [5, 5.41) is 0. The molecule has 0 fully saturated rings. The van der Waals surface area contributed by atoms with Crippen LogP contribution in [0.2, 0.25) is 0 Å². The van der Waals surface area contributed by atoms with Crippen molar-refractivity contribution in [2.24, 2.45) is 0 Å². The molecule has 0 heterocycles. The molecule has 0 bridgehead atoms. The van der Waals surface area contributed by atoms with Crippen LogP contribution in [0.3, 0.4) is 0 Å². The Morgan fingerprint density at radius 2 is 1.61 bits per heavy atom. The third kappa shape index (κ3) is 4.21. The first-order chi connectivity index (χ1) is 8.66. The van der Waals surface area contributed by atoms with Gasteiger partial charge in [-0.1, -0.05) is 37.3 Å². The Morgan fingerprint density at radius 1 is 1.06 bits per heavy atom. The highest BCUT2D eigenvalue weighted by Gasteiger charge is 2.31. The van der Waals surface area contributed by atoms with E-state index in [-0.39, 0.29) is 0 Å². The summed E-state index contributed by atoms with van der Waals surface area (Å²) in [6, 6.07) is 9.91. The van der Waals surface area contributed by atoms with Gasteiger partial charge in [-0.3, -0.25) is 9.05 Å². The van der Waals surface area contributed by atoms with Gasteiger partial charge < -0.3 is 0 Å². The van der Waals surface area contributed by atoms with Crippen LogP contribution in [0, 0.1) is 0 Å². The van der Waals surface area contributed by atoms with Gasteiger partial charge in [0.2, 0.25) is 0 Å². The van der Waals surface area contributed by atoms with Gasteiger partial charge in [0.25, 0.3) is 0 Å². The summed E-state index contributed by atoms with van der Waals surface area (Å²) < 4.78 is 25.1. The molecule has 0 spiro atoms. The minimum atomic E-state index is -3.16. The number of nitrogens with zero attached hydrogens (tertiary/aromatic N) is 1. The molecule has 5 heteroatoms. The van der Waals surface area contributed by atoms with Gasteiger partial charge in [-0.15, -0.1) is 0 Å². The fourth-order valence-corrected chi connectivity index (χ4v) is 3.43. The largest absolute Gasteiger partial charge is 0.408 e. The zero-order valence-electron chi connectivity index (χ0n) is 11.3. The van der Waals surface area contributed by atoms with Crippen molar-refractivity contribution >= 4 is 7.75 Å². The Hall–Kier alpha value is -0.670. The van der Waals surface area contributed by atoms with Gasteiger partial charge in [-0.05, 0) is 19.4 Å². The highest BCUT2D eigenvalue weighted by atomic mass is 31.2. The molecule has 0 N–H and O–H groups in total. The van der Waals surface area contributed by atoms with E-state index in [1.165, 1.54) is 0 Å². The lowest BCUT2D eigenvalue weighted by atomic mass is 10.2. The standard InChI is InChI=1S/C13H22NO3P/c1-4-14(12-13-10-8-7-9-11-13)18(15,16-5-2)17-6-3/h7-11H,4-6,12H2,1-3H3. The zero-order valence-corrected chi connectivity index (χ0v) is 12.2. The second-order valence-electron chi connectivity index (χ2n) is 3.77. The topological polar surface area (TPSA) is 38.8 Å². The summed E-state index contributed by atoms with van der Waals surface area (Å²) >= 11 is 0. The zero-order chi connectivity index (χ0) is 13.4. The first kappa shape index (κ1) is 15.4. The first-order valence-electron chi connectivity index (χ1n) is 6.34. The Bertz CT molecular complexity index is 373. The molecule has 0 aromatic heterocycles. The maximum absolute atomic E-state index is 12.6. The smallest absolute Gasteiger partial charge is 0.297 e. The number of hydrogen-bond donors (Lipinski definition) is 0. The Morgan fingerprint density at radius 3 is 2.06 bits per heavy atom. The highest BCUT2D eigenvalue weighted by Crippen LogP contribution is 2.52. The fraction of sp³-hybridized carbons (Fsp3) is 0.538. The maximum Gasteiger partial charge on any atom is 0.408 e. The quantitative estimate of drug-likeness (QED) is 0.676. The van der Waals surface area contributed by atoms with Crippen molar-refractivity contribution in [1.82, 2.24) is 4.67 Å². The molecule has 0 radical (unpaired) electrons. The monoisotopic (exact) mass is 271 g/mol. The summed E-state index contributed by atoms with van der Waals surface area (Å²) in [7, 11) is -3.16. The molecule has 18 heavy (non-hydrogen) atoms. The van der Waals surface area contributed by atoms with Crippen LogP contribution >= 0.6 is 7.75 Å². The van der Waals surface area contributed by atoms with E-state index in [4.69, 9.17) is 9.05 Å². The average molecular weight is 271 g/mol. The number of hydrogen-bond acceptors (Lipinski definition) is 3. The predicted molar refractivity (Wildman–Crippen MR) is 73.4 cm³/mol. The van der Waals surface area contributed by atoms with Gasteiger partial charge in [0.15, 0.2) is 0 Å². The SMILES string of the molecule is CCOP(=O)(OCC)N(CC)Cc1ccccc1. The molecule has 0 aliphatic heterocycles. The fourth-order valence-electron chi connectivity index (χ4n) is 1.69. The molecule has 102 valence electrons. The van der Waals surface area contributed by atoms with Gasteiger partial charge in [0, 0.05) is 13.1 Å². The van der Waals surface area contributed by atoms with Crippen LogP contribution in [0.5, 0.6) is 0 Å². The lowest BCUT2D eigenvalue weighted by molar-refractivity contribution is 0.167. The Kier molecular flexibility index (Phi) is 6.58. The third-order valence-corrected chi connectivity index (χ3v) is 4.79. The van der Waals surface area contributed by atoms with Crippen molar-refractivity contribution in [2.45, 2.75) is 27.3 Å². The van der Waals surface area contributed by atoms with Crippen LogP contribution in [-0.4, -0.2) is 24.4 Å². The molecule has 0 unspecified atom stereocenters. The van der Waals surface area contributed by atoms with Gasteiger partial charge in [0.1, 0.15) is 0 Å². The van der Waals surface area contributed by atoms with Crippen LogP contribution in [0.1, 0.15) is 26.3 Å². The van der Waals surface area contributed by atoms with E-state index in [1.807, 2.05) is 51.1 Å². The van der Waals surface area contributed by atoms with Crippen molar-refractivity contribution in [3.63, 3.8) is 0 Å². The molecular weight excluding hydrogens is 249 g/mol. The lowest BCUT2D eigenvalue weighted by Gasteiger charge is -2.28. The average Bonchev–Trinajstić information content (AvgIpc) is 2.37. The molecule has 0 amide bonds. The minimum Gasteiger partial charge on any atom is -0.297 e. The van der Waals surface area contributed by atoms with Crippen LogP contribution in [-0.2, 0) is 20.2 Å². The molecule has 1 aromatic rings. The van der Waals surface area contributed by atoms with Crippen LogP contribution in [0.25, 0.3) is 0 Å². The minimum absolute atomic E-state index is 0.378. The van der Waals surface area contributed by atoms with Crippen LogP contribution in [0.4, 0.5) is 0 Å². The predicted octanol–water partition coefficient (Wildman–Crippen LogP) is 3.69. The molecule has 0 atom stereocenters. The van der Waals surface area contributed by atoms with Crippen molar-refractivity contribution in [3.05, 3.63) is 35.9 Å². The molecule has 0 aliphatic carbocycles. The van der Waals surface area contributed by atoms with Gasteiger partial charge in [0.05, 0.1) is 13.2 Å². The van der Waals surface area contributed by atoms with Crippen molar-refractivity contribution < 1.29 is 13.6 Å². The first-order valence-corrected chi connectivity index (χ1v) is 7.84. The lowest BCUT2D eigenvalue weighted by Crippen LogP contribution is -2.22. The van der Waals surface area contributed by atoms with E-state index in [0.29, 0.717) is 26.3 Å². The molecule has 0 aliphatic rings. The van der Waals surface area contributed by atoms with Gasteiger partial charge in [-0.25, -0.2) is 9.24 Å². The van der Waals surface area contributed by atoms with E-state index >= 15 is 0 Å². The normalized spacial score (nSPS) is 12.0. The molecule has 1 aromatic carbocycles. The molecule has 0 saturated carbocycles. The number of rotatable bonds is 8. The summed E-state index contributed by atoms with van der Waals surface area (Å²) in [6.45, 7) is 7.53. The summed E-state index contributed by atoms with van der Waals surface area (Å²) in [4.78, 5) is 0. The Labute approximate surface area is 109 Å². The van der Waals surface area contributed by atoms with E-state index < -0.39 is 7.75 Å². The maximum atomic E-state index is 12.6. The summed E-state index contributed by atoms with van der Waals surface area (Å²) in [5.41, 5.74) is 1.10. The Balaban J connectivity index is 2.82. The molecule has 1 rings (SSSR count). The highest BCUT2D eigenvalue weighted by molar-refractivity contribution is 7.51. The van der Waals surface area contributed by atoms with E-state index in [2.05, 4.69) is 0 Å². The number of benzene rings is 1. The summed E-state index contributed by atoms with van der Waals surface area (Å²) in [6.07, 6.45) is 0. The third-order valence-electron chi connectivity index (χ3n) is 2.50. The van der Waals surface area contributed by atoms with E-state index in [1.54, 1.807) is 4.67 Å². The van der Waals surface area contributed by atoms with E-state index in [9.17, 15) is 4.57 Å². The van der Waals surface area contributed by atoms with Crippen LogP contribution in [0.15, 0.2) is 30.3 Å². The van der Waals surface area contributed by atoms with Crippen molar-refractivity contribution in [1.29, 1.82) is 0 Å². The summed E-state index contributed by atoms with van der Waals surface area (Å²) in [5.74, 6) is 0. The van der Waals surface area contributed by atoms with Crippen molar-refractivity contribution in [2.75, 3.05) is 19.8 Å². The van der Waals surface area contributed by atoms with Gasteiger partial charge >= 0.3 is 7.75 Å². The van der Waals surface area contributed by atoms with Crippen LogP contribution < -0.4 is 0 Å². The molecule has 4 nitrogen and oxygen atoms in total.